The zero-order valence-electron chi connectivity index (χ0n) is 3.27. The molecule has 3 nitrogen and oxygen atoms in total. The third-order valence-corrected chi connectivity index (χ3v) is 0.752. The summed E-state index contributed by atoms with van der Waals surface area (Å²) in [7, 11) is 0. The van der Waals surface area contributed by atoms with E-state index in [1.807, 2.05) is 0 Å². The number of carbonyl (C=O) groups excluding carboxylic acids is 1. The fourth-order valence-corrected chi connectivity index (χ4v) is 0.385. The molecule has 0 spiro atoms. The molecule has 0 radical (unpaired) electrons. The molecule has 1 atom stereocenters. The van der Waals surface area contributed by atoms with Crippen LogP contribution in [0.25, 0.3) is 0 Å². The largest absolute Gasteiger partial charge is 0.340 e. The van der Waals surface area contributed by atoms with Crippen molar-refractivity contribution >= 4 is 5.91 Å². The first-order chi connectivity index (χ1) is 2.79. The molecule has 1 amide bonds. The van der Waals surface area contributed by atoms with Crippen LogP contribution in [0.4, 0.5) is 0 Å². The molecule has 1 aliphatic heterocycles. The van der Waals surface area contributed by atoms with Gasteiger partial charge in [-0.1, -0.05) is 0 Å². The van der Waals surface area contributed by atoms with Crippen LogP contribution in [0.2, 0.25) is 0 Å². The summed E-state index contributed by atoms with van der Waals surface area (Å²) in [4.78, 5) is 9.92. The molecule has 3 heteroatoms. The van der Waals surface area contributed by atoms with Gasteiger partial charge in [-0.3, -0.25) is 4.79 Å². The van der Waals surface area contributed by atoms with Crippen LogP contribution in [0, 0.1) is 0 Å². The van der Waals surface area contributed by atoms with Crippen LogP contribution in [0.5, 0.6) is 0 Å². The van der Waals surface area contributed by atoms with Crippen LogP contribution in [-0.4, -0.2) is 12.1 Å². The Morgan fingerprint density at radius 2 is 2.50 bits per heavy atom. The van der Waals surface area contributed by atoms with Gasteiger partial charge in [-0.25, -0.2) is 0 Å². The molecule has 1 fully saturated rings. The average Bonchev–Trinajstić information content (AvgIpc) is 1.33. The molecular weight excluding hydrogens is 80.0 g/mol. The number of hydrogen-bond acceptors (Lipinski definition) is 2. The molecule has 0 aromatic heterocycles. The van der Waals surface area contributed by atoms with Gasteiger partial charge < -0.3 is 11.1 Å². The third kappa shape index (κ3) is 0.367. The van der Waals surface area contributed by atoms with Crippen LogP contribution in [-0.2, 0) is 4.79 Å². The topological polar surface area (TPSA) is 55.1 Å². The average molecular weight is 86.1 g/mol. The molecule has 0 saturated carbocycles. The molecule has 6 heavy (non-hydrogen) atoms. The Hall–Kier alpha value is -0.570. The van der Waals surface area contributed by atoms with Crippen molar-refractivity contribution in [2.75, 3.05) is 0 Å². The SMILES string of the molecule is NC1CC(=O)N1. The van der Waals surface area contributed by atoms with E-state index in [2.05, 4.69) is 5.32 Å². The highest BCUT2D eigenvalue weighted by molar-refractivity contribution is 5.82. The number of β-lactam (4-membered cyclic amide) rings is 1. The Balaban J connectivity index is 2.28. The van der Waals surface area contributed by atoms with E-state index < -0.39 is 0 Å². The number of carbonyl (C=O) groups is 1. The van der Waals surface area contributed by atoms with Crippen molar-refractivity contribution in [2.45, 2.75) is 12.6 Å². The van der Waals surface area contributed by atoms with Crippen molar-refractivity contribution in [3.63, 3.8) is 0 Å². The third-order valence-electron chi connectivity index (χ3n) is 0.752. The number of amides is 1. The minimum absolute atomic E-state index is 0.0579. The van der Waals surface area contributed by atoms with E-state index in [0.29, 0.717) is 6.42 Å². The Morgan fingerprint density at radius 1 is 2.00 bits per heavy atom. The molecule has 1 saturated heterocycles. The maximum atomic E-state index is 9.92. The standard InChI is InChI=1S/C3H6N2O/c4-2-1-3(6)5-2/h2H,1,4H2,(H,5,6). The molecule has 0 bridgehead atoms. The monoisotopic (exact) mass is 86.0 g/mol. The second-order valence-electron chi connectivity index (χ2n) is 1.38. The molecular formula is C3H6N2O. The summed E-state index contributed by atoms with van der Waals surface area (Å²) in [5, 5.41) is 2.44. The smallest absolute Gasteiger partial charge is 0.224 e. The van der Waals surface area contributed by atoms with E-state index in [9.17, 15) is 4.79 Å². The summed E-state index contributed by atoms with van der Waals surface area (Å²) in [6, 6.07) is 0. The van der Waals surface area contributed by atoms with Crippen molar-refractivity contribution in [1.82, 2.24) is 5.32 Å². The highest BCUT2D eigenvalue weighted by Gasteiger charge is 2.19. The Kier molecular flexibility index (Phi) is 0.569. The van der Waals surface area contributed by atoms with E-state index in [4.69, 9.17) is 5.73 Å². The first kappa shape index (κ1) is 3.61. The van der Waals surface area contributed by atoms with Gasteiger partial charge in [0, 0.05) is 0 Å². The van der Waals surface area contributed by atoms with E-state index in [0.717, 1.165) is 0 Å². The highest BCUT2D eigenvalue weighted by atomic mass is 16.2. The van der Waals surface area contributed by atoms with E-state index >= 15 is 0 Å². The molecule has 0 aromatic carbocycles. The van der Waals surface area contributed by atoms with Gasteiger partial charge >= 0.3 is 0 Å². The van der Waals surface area contributed by atoms with Crippen molar-refractivity contribution in [3.05, 3.63) is 0 Å². The van der Waals surface area contributed by atoms with Gasteiger partial charge in [-0.15, -0.1) is 0 Å². The molecule has 1 aliphatic rings. The maximum absolute atomic E-state index is 9.92. The molecule has 34 valence electrons. The van der Waals surface area contributed by atoms with Gasteiger partial charge in [0.25, 0.3) is 0 Å². The van der Waals surface area contributed by atoms with E-state index in [-0.39, 0.29) is 12.1 Å². The van der Waals surface area contributed by atoms with Gasteiger partial charge in [0.05, 0.1) is 12.6 Å². The lowest BCUT2D eigenvalue weighted by Crippen LogP contribution is -2.53. The minimum Gasteiger partial charge on any atom is -0.340 e. The summed E-state index contributed by atoms with van der Waals surface area (Å²) in [5.41, 5.74) is 5.14. The summed E-state index contributed by atoms with van der Waals surface area (Å²) < 4.78 is 0. The Labute approximate surface area is 35.5 Å². The summed E-state index contributed by atoms with van der Waals surface area (Å²) >= 11 is 0. The van der Waals surface area contributed by atoms with Gasteiger partial charge in [-0.2, -0.15) is 0 Å². The predicted octanol–water partition coefficient (Wildman–Crippen LogP) is -1.21. The summed E-state index contributed by atoms with van der Waals surface area (Å²) in [6.07, 6.45) is 0.442. The van der Waals surface area contributed by atoms with Crippen molar-refractivity contribution in [1.29, 1.82) is 0 Å². The number of nitrogens with one attached hydrogen (secondary N) is 1. The van der Waals surface area contributed by atoms with Crippen molar-refractivity contribution < 1.29 is 4.79 Å². The zero-order valence-corrected chi connectivity index (χ0v) is 3.27. The maximum Gasteiger partial charge on any atom is 0.224 e. The van der Waals surface area contributed by atoms with Crippen LogP contribution in [0.1, 0.15) is 6.42 Å². The molecule has 1 unspecified atom stereocenters. The normalized spacial score (nSPS) is 31.5. The van der Waals surface area contributed by atoms with Crippen LogP contribution in [0.15, 0.2) is 0 Å². The first-order valence-corrected chi connectivity index (χ1v) is 1.84. The second-order valence-corrected chi connectivity index (χ2v) is 1.38. The Bertz CT molecular complexity index is 72.9. The Morgan fingerprint density at radius 3 is 2.50 bits per heavy atom. The quantitative estimate of drug-likeness (QED) is 0.363. The van der Waals surface area contributed by atoms with Gasteiger partial charge in [0.1, 0.15) is 0 Å². The molecule has 3 N–H and O–H groups in total. The summed E-state index contributed by atoms with van der Waals surface area (Å²) in [6.45, 7) is 0. The van der Waals surface area contributed by atoms with Crippen molar-refractivity contribution in [2.24, 2.45) is 5.73 Å². The lowest BCUT2D eigenvalue weighted by atomic mass is 10.2. The van der Waals surface area contributed by atoms with Gasteiger partial charge in [0.15, 0.2) is 0 Å². The molecule has 1 rings (SSSR count). The molecule has 1 heterocycles. The lowest BCUT2D eigenvalue weighted by Gasteiger charge is -2.21. The number of hydrogen-bond donors (Lipinski definition) is 2. The zero-order chi connectivity index (χ0) is 4.57. The van der Waals surface area contributed by atoms with Crippen LogP contribution in [0.3, 0.4) is 0 Å². The van der Waals surface area contributed by atoms with Crippen molar-refractivity contribution in [3.8, 4) is 0 Å². The summed E-state index contributed by atoms with van der Waals surface area (Å²) in [5.74, 6) is 0.0579. The van der Waals surface area contributed by atoms with E-state index in [1.165, 1.54) is 0 Å². The van der Waals surface area contributed by atoms with Crippen LogP contribution < -0.4 is 11.1 Å². The van der Waals surface area contributed by atoms with Gasteiger partial charge in [0.2, 0.25) is 5.91 Å². The number of nitrogens with two attached hydrogens (primary N) is 1. The lowest BCUT2D eigenvalue weighted by molar-refractivity contribution is -0.127. The predicted molar refractivity (Wildman–Crippen MR) is 20.7 cm³/mol. The van der Waals surface area contributed by atoms with Crippen LogP contribution >= 0.6 is 0 Å². The van der Waals surface area contributed by atoms with E-state index in [1.54, 1.807) is 0 Å². The fraction of sp³-hybridized carbons (Fsp3) is 0.667. The second kappa shape index (κ2) is 0.944. The number of rotatable bonds is 0. The minimum atomic E-state index is -0.0579. The highest BCUT2D eigenvalue weighted by Crippen LogP contribution is 1.93. The first-order valence-electron chi connectivity index (χ1n) is 1.84. The molecule has 0 aliphatic carbocycles. The van der Waals surface area contributed by atoms with Gasteiger partial charge in [-0.05, 0) is 0 Å². The molecule has 0 aromatic rings. The fourth-order valence-electron chi connectivity index (χ4n) is 0.385.